The van der Waals surface area contributed by atoms with E-state index in [4.69, 9.17) is 18.9 Å². The van der Waals surface area contributed by atoms with Crippen LogP contribution in [0.25, 0.3) is 0 Å². The van der Waals surface area contributed by atoms with E-state index in [1.807, 2.05) is 6.07 Å². The molecule has 0 aromatic heterocycles. The highest BCUT2D eigenvalue weighted by molar-refractivity contribution is 5.88. The van der Waals surface area contributed by atoms with Crippen LogP contribution < -0.4 is 29.7 Å². The summed E-state index contributed by atoms with van der Waals surface area (Å²) in [5.41, 5.74) is 3.08. The van der Waals surface area contributed by atoms with Gasteiger partial charge in [0.1, 0.15) is 6.61 Å². The molecule has 1 atom stereocenters. The molecular formula is C19H17N3O6. The van der Waals surface area contributed by atoms with Crippen molar-refractivity contribution in [3.05, 3.63) is 48.0 Å². The van der Waals surface area contributed by atoms with E-state index in [9.17, 15) is 9.59 Å². The molecule has 0 fully saturated rings. The molecule has 1 unspecified atom stereocenters. The molecule has 2 aromatic carbocycles. The second kappa shape index (κ2) is 7.87. The molecule has 2 amide bonds. The zero-order valence-electron chi connectivity index (χ0n) is 14.7. The zero-order valence-corrected chi connectivity index (χ0v) is 14.7. The van der Waals surface area contributed by atoms with Crippen LogP contribution in [0.2, 0.25) is 0 Å². The maximum absolute atomic E-state index is 12.2. The fourth-order valence-electron chi connectivity index (χ4n) is 2.64. The normalized spacial score (nSPS) is 16.6. The summed E-state index contributed by atoms with van der Waals surface area (Å²) in [4.78, 5) is 24.0. The van der Waals surface area contributed by atoms with Crippen LogP contribution in [0.15, 0.2) is 47.6 Å². The van der Waals surface area contributed by atoms with Crippen molar-refractivity contribution >= 4 is 18.0 Å². The van der Waals surface area contributed by atoms with E-state index < -0.39 is 17.9 Å². The Balaban J connectivity index is 1.23. The summed E-state index contributed by atoms with van der Waals surface area (Å²) in [6, 6.07) is 12.4. The van der Waals surface area contributed by atoms with Crippen molar-refractivity contribution in [2.24, 2.45) is 5.10 Å². The number of para-hydroxylation sites is 2. The molecule has 0 aliphatic carbocycles. The SMILES string of the molecule is O=C(CNC(=O)C1COc2ccccc2O1)N/N=C/c1ccc2c(c1)OCO2. The smallest absolute Gasteiger partial charge is 0.265 e. The van der Waals surface area contributed by atoms with Gasteiger partial charge in [-0.25, -0.2) is 5.43 Å². The maximum atomic E-state index is 12.2. The Labute approximate surface area is 160 Å². The third-order valence-corrected chi connectivity index (χ3v) is 4.02. The fraction of sp³-hybridized carbons (Fsp3) is 0.211. The van der Waals surface area contributed by atoms with Gasteiger partial charge < -0.3 is 24.3 Å². The Bertz CT molecular complexity index is 930. The number of hydrazone groups is 1. The van der Waals surface area contributed by atoms with Gasteiger partial charge in [0.15, 0.2) is 23.0 Å². The van der Waals surface area contributed by atoms with E-state index in [2.05, 4.69) is 15.8 Å². The predicted octanol–water partition coefficient (Wildman–Crippen LogP) is 0.822. The summed E-state index contributed by atoms with van der Waals surface area (Å²) in [5.74, 6) is 1.46. The first kappa shape index (κ1) is 17.7. The molecule has 9 heteroatoms. The third kappa shape index (κ3) is 3.98. The number of fused-ring (bicyclic) bond motifs is 2. The quantitative estimate of drug-likeness (QED) is 0.585. The number of hydrogen-bond donors (Lipinski definition) is 2. The molecule has 144 valence electrons. The second-order valence-electron chi connectivity index (χ2n) is 5.99. The molecule has 0 bridgehead atoms. The summed E-state index contributed by atoms with van der Waals surface area (Å²) >= 11 is 0. The summed E-state index contributed by atoms with van der Waals surface area (Å²) in [6.07, 6.45) is 0.649. The zero-order chi connectivity index (χ0) is 19.3. The van der Waals surface area contributed by atoms with E-state index >= 15 is 0 Å². The highest BCUT2D eigenvalue weighted by Gasteiger charge is 2.27. The number of nitrogens with zero attached hydrogens (tertiary/aromatic N) is 1. The van der Waals surface area contributed by atoms with Crippen LogP contribution in [0.5, 0.6) is 23.0 Å². The van der Waals surface area contributed by atoms with Crippen LogP contribution in [0.1, 0.15) is 5.56 Å². The van der Waals surface area contributed by atoms with Crippen molar-refractivity contribution in [3.8, 4) is 23.0 Å². The van der Waals surface area contributed by atoms with E-state index in [1.165, 1.54) is 6.21 Å². The summed E-state index contributed by atoms with van der Waals surface area (Å²) < 4.78 is 21.6. The van der Waals surface area contributed by atoms with Gasteiger partial charge in [-0.3, -0.25) is 9.59 Å². The van der Waals surface area contributed by atoms with Gasteiger partial charge >= 0.3 is 0 Å². The molecule has 4 rings (SSSR count). The lowest BCUT2D eigenvalue weighted by Crippen LogP contribution is -2.46. The van der Waals surface area contributed by atoms with Crippen molar-refractivity contribution < 1.29 is 28.5 Å². The molecule has 0 saturated carbocycles. The molecule has 0 radical (unpaired) electrons. The van der Waals surface area contributed by atoms with E-state index in [-0.39, 0.29) is 19.9 Å². The standard InChI is InChI=1S/C19H17N3O6/c23-18(22-21-8-12-5-6-14-16(7-12)27-11-26-14)9-20-19(24)17-10-25-13-3-1-2-4-15(13)28-17/h1-8,17H,9-11H2,(H,20,24)(H,22,23)/b21-8+. The molecule has 9 nitrogen and oxygen atoms in total. The number of amides is 2. The predicted molar refractivity (Wildman–Crippen MR) is 97.7 cm³/mol. The van der Waals surface area contributed by atoms with Crippen molar-refractivity contribution in [2.75, 3.05) is 19.9 Å². The van der Waals surface area contributed by atoms with Crippen LogP contribution in [0, 0.1) is 0 Å². The monoisotopic (exact) mass is 383 g/mol. The summed E-state index contributed by atoms with van der Waals surface area (Å²) in [6.45, 7) is 0.0270. The average molecular weight is 383 g/mol. The number of carbonyl (C=O) groups is 2. The van der Waals surface area contributed by atoms with E-state index in [1.54, 1.807) is 36.4 Å². The van der Waals surface area contributed by atoms with Gasteiger partial charge in [0, 0.05) is 0 Å². The molecule has 2 aliphatic heterocycles. The first-order valence-corrected chi connectivity index (χ1v) is 8.57. The van der Waals surface area contributed by atoms with E-state index in [0.29, 0.717) is 23.0 Å². The lowest BCUT2D eigenvalue weighted by atomic mass is 10.2. The van der Waals surface area contributed by atoms with Crippen LogP contribution in [-0.4, -0.2) is 44.1 Å². The Morgan fingerprint density at radius 3 is 2.71 bits per heavy atom. The third-order valence-electron chi connectivity index (χ3n) is 4.02. The van der Waals surface area contributed by atoms with Gasteiger partial charge in [-0.1, -0.05) is 12.1 Å². The molecule has 2 aromatic rings. The Hall–Kier alpha value is -3.75. The lowest BCUT2D eigenvalue weighted by molar-refractivity contribution is -0.132. The van der Waals surface area contributed by atoms with Crippen LogP contribution in [-0.2, 0) is 9.59 Å². The minimum atomic E-state index is -0.820. The Morgan fingerprint density at radius 2 is 1.82 bits per heavy atom. The average Bonchev–Trinajstić information content (AvgIpc) is 3.19. The van der Waals surface area contributed by atoms with Gasteiger partial charge in [-0.05, 0) is 35.9 Å². The molecule has 0 spiro atoms. The first-order chi connectivity index (χ1) is 13.7. The highest BCUT2D eigenvalue weighted by atomic mass is 16.7. The second-order valence-corrected chi connectivity index (χ2v) is 5.99. The fourth-order valence-corrected chi connectivity index (χ4v) is 2.64. The van der Waals surface area contributed by atoms with Gasteiger partial charge in [-0.15, -0.1) is 0 Å². The first-order valence-electron chi connectivity index (χ1n) is 8.57. The molecule has 0 saturated heterocycles. The maximum Gasteiger partial charge on any atom is 0.265 e. The van der Waals surface area contributed by atoms with E-state index in [0.717, 1.165) is 5.56 Å². The highest BCUT2D eigenvalue weighted by Crippen LogP contribution is 2.32. The minimum absolute atomic E-state index is 0.0761. The largest absolute Gasteiger partial charge is 0.485 e. The van der Waals surface area contributed by atoms with Gasteiger partial charge in [-0.2, -0.15) is 5.10 Å². The number of carbonyl (C=O) groups excluding carboxylic acids is 2. The van der Waals surface area contributed by atoms with Crippen LogP contribution in [0.3, 0.4) is 0 Å². The molecule has 2 heterocycles. The molecular weight excluding hydrogens is 366 g/mol. The molecule has 2 aliphatic rings. The van der Waals surface area contributed by atoms with Crippen molar-refractivity contribution in [2.45, 2.75) is 6.10 Å². The minimum Gasteiger partial charge on any atom is -0.485 e. The Kier molecular flexibility index (Phi) is 4.96. The van der Waals surface area contributed by atoms with Gasteiger partial charge in [0.25, 0.3) is 11.8 Å². The molecule has 28 heavy (non-hydrogen) atoms. The topological polar surface area (TPSA) is 107 Å². The van der Waals surface area contributed by atoms with Crippen LogP contribution >= 0.6 is 0 Å². The summed E-state index contributed by atoms with van der Waals surface area (Å²) in [7, 11) is 0. The number of benzene rings is 2. The van der Waals surface area contributed by atoms with Crippen molar-refractivity contribution in [1.82, 2.24) is 10.7 Å². The number of nitrogens with one attached hydrogen (secondary N) is 2. The van der Waals surface area contributed by atoms with Gasteiger partial charge in [0.05, 0.1) is 12.8 Å². The molecule has 2 N–H and O–H groups in total. The number of hydrogen-bond acceptors (Lipinski definition) is 7. The summed E-state index contributed by atoms with van der Waals surface area (Å²) in [5, 5.41) is 6.36. The van der Waals surface area contributed by atoms with Crippen molar-refractivity contribution in [3.63, 3.8) is 0 Å². The number of rotatable bonds is 5. The van der Waals surface area contributed by atoms with Crippen LogP contribution in [0.4, 0.5) is 0 Å². The number of ether oxygens (including phenoxy) is 4. The van der Waals surface area contributed by atoms with Gasteiger partial charge in [0.2, 0.25) is 12.9 Å². The lowest BCUT2D eigenvalue weighted by Gasteiger charge is -2.25. The van der Waals surface area contributed by atoms with Crippen molar-refractivity contribution in [1.29, 1.82) is 0 Å². The Morgan fingerprint density at radius 1 is 1.04 bits per heavy atom.